The van der Waals surface area contributed by atoms with Crippen LogP contribution in [0.25, 0.3) is 0 Å². The van der Waals surface area contributed by atoms with E-state index in [1.807, 2.05) is 26.8 Å². The van der Waals surface area contributed by atoms with E-state index in [0.29, 0.717) is 32.2 Å². The van der Waals surface area contributed by atoms with E-state index in [0.717, 1.165) is 29.1 Å². The molecular formula is C19H30BrN3O3. The molecule has 0 spiro atoms. The molecule has 1 aliphatic heterocycles. The van der Waals surface area contributed by atoms with Crippen molar-refractivity contribution in [3.63, 3.8) is 0 Å². The topological polar surface area (TPSA) is 54.9 Å². The van der Waals surface area contributed by atoms with E-state index in [4.69, 9.17) is 9.47 Å². The molecule has 0 radical (unpaired) electrons. The molecule has 0 N–H and O–H groups in total. The number of carbonyl (C=O) groups excluding carboxylic acids is 1. The van der Waals surface area contributed by atoms with E-state index in [1.54, 1.807) is 4.90 Å². The predicted octanol–water partition coefficient (Wildman–Crippen LogP) is 4.07. The van der Waals surface area contributed by atoms with E-state index in [9.17, 15) is 4.79 Å². The third-order valence-corrected chi connectivity index (χ3v) is 4.29. The summed E-state index contributed by atoms with van der Waals surface area (Å²) in [4.78, 5) is 21.4. The molecule has 0 bridgehead atoms. The summed E-state index contributed by atoms with van der Waals surface area (Å²) in [6.07, 6.45) is -0.305. The first-order valence-corrected chi connectivity index (χ1v) is 9.91. The molecule has 1 aromatic rings. The average molecular weight is 428 g/mol. The minimum Gasteiger partial charge on any atom is -0.444 e. The lowest BCUT2D eigenvalue weighted by Gasteiger charge is -2.32. The Morgan fingerprint density at radius 2 is 2.00 bits per heavy atom. The molecule has 0 aromatic carbocycles. The third-order valence-electron chi connectivity index (χ3n) is 3.85. The summed E-state index contributed by atoms with van der Waals surface area (Å²) in [5, 5.41) is 0. The average Bonchev–Trinajstić information content (AvgIpc) is 2.53. The quantitative estimate of drug-likeness (QED) is 0.662. The van der Waals surface area contributed by atoms with Gasteiger partial charge < -0.3 is 19.3 Å². The van der Waals surface area contributed by atoms with Crippen molar-refractivity contribution < 1.29 is 14.3 Å². The number of aromatic nitrogens is 1. The Kier molecular flexibility index (Phi) is 7.29. The fourth-order valence-corrected chi connectivity index (χ4v) is 3.17. The lowest BCUT2D eigenvalue weighted by Crippen LogP contribution is -2.40. The molecule has 6 nitrogen and oxygen atoms in total. The normalized spacial score (nSPS) is 15.3. The summed E-state index contributed by atoms with van der Waals surface area (Å²) in [6, 6.07) is 3.99. The minimum absolute atomic E-state index is 0.305. The van der Waals surface area contributed by atoms with Crippen LogP contribution in [-0.4, -0.2) is 54.4 Å². The van der Waals surface area contributed by atoms with Crippen LogP contribution in [0.5, 0.6) is 0 Å². The second kappa shape index (κ2) is 9.04. The first-order valence-electron chi connectivity index (χ1n) is 9.12. The monoisotopic (exact) mass is 427 g/mol. The van der Waals surface area contributed by atoms with Gasteiger partial charge in [-0.05, 0) is 54.8 Å². The first-order chi connectivity index (χ1) is 12.2. The van der Waals surface area contributed by atoms with Gasteiger partial charge in [0.25, 0.3) is 0 Å². The second-order valence-electron chi connectivity index (χ2n) is 7.95. The smallest absolute Gasteiger partial charge is 0.410 e. The van der Waals surface area contributed by atoms with E-state index in [-0.39, 0.29) is 6.09 Å². The Morgan fingerprint density at radius 1 is 1.35 bits per heavy atom. The number of nitrogens with zero attached hydrogens (tertiary/aromatic N) is 3. The highest BCUT2D eigenvalue weighted by Gasteiger charge is 2.25. The Bertz CT molecular complexity index is 611. The Morgan fingerprint density at radius 3 is 2.58 bits per heavy atom. The van der Waals surface area contributed by atoms with Crippen LogP contribution in [0.15, 0.2) is 16.7 Å². The second-order valence-corrected chi connectivity index (χ2v) is 8.77. The van der Waals surface area contributed by atoms with Gasteiger partial charge in [0.05, 0.1) is 31.1 Å². The van der Waals surface area contributed by atoms with Gasteiger partial charge >= 0.3 is 6.09 Å². The van der Waals surface area contributed by atoms with Gasteiger partial charge in [-0.15, -0.1) is 0 Å². The lowest BCUT2D eigenvalue weighted by molar-refractivity contribution is 0.0208. The fourth-order valence-electron chi connectivity index (χ4n) is 2.83. The Balaban J connectivity index is 2.25. The van der Waals surface area contributed by atoms with Crippen LogP contribution in [-0.2, 0) is 16.0 Å². The number of ether oxygens (including phenoxy) is 2. The van der Waals surface area contributed by atoms with Crippen LogP contribution < -0.4 is 4.90 Å². The Hall–Kier alpha value is -1.34. The van der Waals surface area contributed by atoms with E-state index < -0.39 is 5.60 Å². The van der Waals surface area contributed by atoms with Gasteiger partial charge in [0.1, 0.15) is 10.2 Å². The number of carbonyl (C=O) groups is 1. The standard InChI is InChI=1S/C19H30BrN3O3/c1-14(2)12-23(18(24)26-19(3,4)5)13-15-16(6-7-17(20)21-15)22-8-10-25-11-9-22/h6-7,14H,8-13H2,1-5H3. The number of morpholine rings is 1. The highest BCUT2D eigenvalue weighted by atomic mass is 79.9. The molecule has 1 aliphatic rings. The molecule has 26 heavy (non-hydrogen) atoms. The van der Waals surface area contributed by atoms with Crippen LogP contribution in [0.2, 0.25) is 0 Å². The van der Waals surface area contributed by atoms with Crippen molar-refractivity contribution in [2.75, 3.05) is 37.7 Å². The summed E-state index contributed by atoms with van der Waals surface area (Å²) < 4.78 is 11.8. The van der Waals surface area contributed by atoms with Gasteiger partial charge in [-0.1, -0.05) is 13.8 Å². The van der Waals surface area contributed by atoms with Gasteiger partial charge in [-0.25, -0.2) is 9.78 Å². The maximum Gasteiger partial charge on any atom is 0.410 e. The van der Waals surface area contributed by atoms with Crippen LogP contribution in [0.3, 0.4) is 0 Å². The van der Waals surface area contributed by atoms with Gasteiger partial charge in [-0.2, -0.15) is 0 Å². The van der Waals surface area contributed by atoms with Crippen LogP contribution in [0, 0.1) is 5.92 Å². The van der Waals surface area contributed by atoms with Crippen molar-refractivity contribution >= 4 is 27.7 Å². The summed E-state index contributed by atoms with van der Waals surface area (Å²) in [7, 11) is 0. The Labute approximate surface area is 165 Å². The van der Waals surface area contributed by atoms with Crippen LogP contribution >= 0.6 is 15.9 Å². The van der Waals surface area contributed by atoms with Gasteiger partial charge in [0, 0.05) is 19.6 Å². The molecule has 2 heterocycles. The molecule has 146 valence electrons. The van der Waals surface area contributed by atoms with E-state index in [1.165, 1.54) is 0 Å². The molecule has 0 aliphatic carbocycles. The number of amides is 1. The van der Waals surface area contributed by atoms with Gasteiger partial charge in [-0.3, -0.25) is 0 Å². The number of halogens is 1. The number of rotatable bonds is 5. The van der Waals surface area contributed by atoms with Crippen molar-refractivity contribution in [1.29, 1.82) is 0 Å². The molecule has 2 rings (SSSR count). The highest BCUT2D eigenvalue weighted by Crippen LogP contribution is 2.25. The first kappa shape index (κ1) is 21.0. The molecule has 1 fully saturated rings. The third kappa shape index (κ3) is 6.43. The summed E-state index contributed by atoms with van der Waals surface area (Å²) >= 11 is 3.46. The molecule has 1 saturated heterocycles. The van der Waals surface area contributed by atoms with Crippen molar-refractivity contribution in [1.82, 2.24) is 9.88 Å². The van der Waals surface area contributed by atoms with Crippen LogP contribution in [0.4, 0.5) is 10.5 Å². The molecular weight excluding hydrogens is 398 g/mol. The summed E-state index contributed by atoms with van der Waals surface area (Å²) in [6.45, 7) is 13.9. The maximum atomic E-state index is 12.7. The largest absolute Gasteiger partial charge is 0.444 e. The molecule has 1 amide bonds. The highest BCUT2D eigenvalue weighted by molar-refractivity contribution is 9.10. The summed E-state index contributed by atoms with van der Waals surface area (Å²) in [5.41, 5.74) is 1.39. The number of hydrogen-bond acceptors (Lipinski definition) is 5. The summed E-state index contributed by atoms with van der Waals surface area (Å²) in [5.74, 6) is 0.335. The van der Waals surface area contributed by atoms with Crippen molar-refractivity contribution in [3.05, 3.63) is 22.4 Å². The van der Waals surface area contributed by atoms with Gasteiger partial charge in [0.2, 0.25) is 0 Å². The zero-order valence-corrected chi connectivity index (χ0v) is 18.0. The van der Waals surface area contributed by atoms with Crippen molar-refractivity contribution in [3.8, 4) is 0 Å². The van der Waals surface area contributed by atoms with Gasteiger partial charge in [0.15, 0.2) is 0 Å². The molecule has 0 unspecified atom stereocenters. The molecule has 0 saturated carbocycles. The number of hydrogen-bond donors (Lipinski definition) is 0. The van der Waals surface area contributed by atoms with E-state index >= 15 is 0 Å². The SMILES string of the molecule is CC(C)CN(Cc1nc(Br)ccc1N1CCOCC1)C(=O)OC(C)(C)C. The van der Waals surface area contributed by atoms with Crippen molar-refractivity contribution in [2.24, 2.45) is 5.92 Å². The lowest BCUT2D eigenvalue weighted by atomic mass is 10.2. The minimum atomic E-state index is -0.524. The van der Waals surface area contributed by atoms with Crippen molar-refractivity contribution in [2.45, 2.75) is 46.8 Å². The molecule has 7 heteroatoms. The zero-order valence-electron chi connectivity index (χ0n) is 16.4. The number of pyridine rings is 1. The molecule has 1 aromatic heterocycles. The predicted molar refractivity (Wildman–Crippen MR) is 106 cm³/mol. The van der Waals surface area contributed by atoms with E-state index in [2.05, 4.69) is 45.7 Å². The van der Waals surface area contributed by atoms with Crippen LogP contribution in [0.1, 0.15) is 40.3 Å². The maximum absolute atomic E-state index is 12.7. The molecule has 0 atom stereocenters. The zero-order chi connectivity index (χ0) is 19.3. The number of anilines is 1. The fraction of sp³-hybridized carbons (Fsp3) is 0.684.